The molecule has 2 aromatic heterocycles. The van der Waals surface area contributed by atoms with Crippen LogP contribution in [0.5, 0.6) is 0 Å². The third-order valence-electron chi connectivity index (χ3n) is 5.47. The molecule has 0 spiro atoms. The van der Waals surface area contributed by atoms with Gasteiger partial charge in [-0.15, -0.1) is 0 Å². The Morgan fingerprint density at radius 2 is 1.65 bits per heavy atom. The number of aromatic nitrogens is 4. The maximum absolute atomic E-state index is 13.4. The van der Waals surface area contributed by atoms with Crippen molar-refractivity contribution in [2.24, 2.45) is 0 Å². The minimum atomic E-state index is -0.743. The summed E-state index contributed by atoms with van der Waals surface area (Å²) in [5.74, 6) is -0.674. The van der Waals surface area contributed by atoms with Crippen molar-refractivity contribution in [3.05, 3.63) is 121 Å². The number of benzene rings is 2. The highest BCUT2D eigenvalue weighted by molar-refractivity contribution is 5.91. The summed E-state index contributed by atoms with van der Waals surface area (Å²) in [5, 5.41) is 6.89. The number of pyridine rings is 1. The van der Waals surface area contributed by atoms with Gasteiger partial charge in [0, 0.05) is 6.20 Å². The molecular formula is C26H25N5O3. The van der Waals surface area contributed by atoms with E-state index in [1.807, 2.05) is 57.2 Å². The molecule has 0 aliphatic carbocycles. The normalized spacial score (nSPS) is 10.8. The SMILES string of the molecule is Cc1cc(C)cc(-n2nc(C(=O)NCc3ccccn3)c(=O)n(Cc3ccccc3C)c2=O)c1. The maximum atomic E-state index is 13.4. The van der Waals surface area contributed by atoms with Crippen molar-refractivity contribution in [2.45, 2.75) is 33.9 Å². The lowest BCUT2D eigenvalue weighted by molar-refractivity contribution is 0.0940. The fourth-order valence-corrected chi connectivity index (χ4v) is 3.75. The Hall–Kier alpha value is -4.33. The molecule has 0 bridgehead atoms. The second-order valence-corrected chi connectivity index (χ2v) is 8.21. The van der Waals surface area contributed by atoms with Crippen LogP contribution in [0.2, 0.25) is 0 Å². The van der Waals surface area contributed by atoms with E-state index in [0.29, 0.717) is 11.4 Å². The second kappa shape index (κ2) is 9.66. The van der Waals surface area contributed by atoms with E-state index in [1.165, 1.54) is 0 Å². The van der Waals surface area contributed by atoms with E-state index in [1.54, 1.807) is 30.5 Å². The van der Waals surface area contributed by atoms with Gasteiger partial charge in [0.1, 0.15) is 0 Å². The molecule has 0 aliphatic heterocycles. The van der Waals surface area contributed by atoms with Gasteiger partial charge in [0.05, 0.1) is 24.5 Å². The van der Waals surface area contributed by atoms with Gasteiger partial charge in [0.25, 0.3) is 11.5 Å². The number of nitrogens with one attached hydrogen (secondary N) is 1. The summed E-state index contributed by atoms with van der Waals surface area (Å²) < 4.78 is 2.18. The van der Waals surface area contributed by atoms with E-state index < -0.39 is 17.2 Å². The molecule has 0 fully saturated rings. The molecule has 0 unspecified atom stereocenters. The van der Waals surface area contributed by atoms with Crippen molar-refractivity contribution in [3.63, 3.8) is 0 Å². The minimum absolute atomic E-state index is 0.0260. The number of hydrogen-bond donors (Lipinski definition) is 1. The van der Waals surface area contributed by atoms with Gasteiger partial charge in [-0.3, -0.25) is 19.1 Å². The summed E-state index contributed by atoms with van der Waals surface area (Å²) in [5.41, 5.74) is 3.01. The first-order chi connectivity index (χ1) is 16.3. The first kappa shape index (κ1) is 22.8. The van der Waals surface area contributed by atoms with Crippen molar-refractivity contribution < 1.29 is 4.79 Å². The molecule has 1 amide bonds. The second-order valence-electron chi connectivity index (χ2n) is 8.21. The largest absolute Gasteiger partial charge is 0.352 e. The molecule has 4 rings (SSSR count). The molecule has 1 N–H and O–H groups in total. The number of carbonyl (C=O) groups excluding carboxylic acids is 1. The molecule has 2 aromatic carbocycles. The van der Waals surface area contributed by atoms with E-state index in [9.17, 15) is 14.4 Å². The molecule has 2 heterocycles. The highest BCUT2D eigenvalue weighted by Crippen LogP contribution is 2.12. The van der Waals surface area contributed by atoms with Crippen LogP contribution >= 0.6 is 0 Å². The number of amides is 1. The smallest absolute Gasteiger partial charge is 0.345 e. The summed E-state index contributed by atoms with van der Waals surface area (Å²) in [6.07, 6.45) is 1.62. The van der Waals surface area contributed by atoms with Gasteiger partial charge in [-0.1, -0.05) is 36.4 Å². The molecule has 0 saturated carbocycles. The van der Waals surface area contributed by atoms with Crippen LogP contribution in [-0.2, 0) is 13.1 Å². The zero-order chi connectivity index (χ0) is 24.2. The Labute approximate surface area is 196 Å². The van der Waals surface area contributed by atoms with Gasteiger partial charge in [0.15, 0.2) is 0 Å². The van der Waals surface area contributed by atoms with Gasteiger partial charge < -0.3 is 5.32 Å². The van der Waals surface area contributed by atoms with Gasteiger partial charge >= 0.3 is 5.69 Å². The van der Waals surface area contributed by atoms with E-state index in [2.05, 4.69) is 15.4 Å². The summed E-state index contributed by atoms with van der Waals surface area (Å²) in [7, 11) is 0. The van der Waals surface area contributed by atoms with Crippen LogP contribution < -0.4 is 16.6 Å². The van der Waals surface area contributed by atoms with Crippen LogP contribution in [0.3, 0.4) is 0 Å². The van der Waals surface area contributed by atoms with Crippen molar-refractivity contribution >= 4 is 5.91 Å². The first-order valence-electron chi connectivity index (χ1n) is 10.9. The van der Waals surface area contributed by atoms with Gasteiger partial charge in [-0.25, -0.2) is 4.79 Å². The molecule has 0 radical (unpaired) electrons. The van der Waals surface area contributed by atoms with Crippen LogP contribution in [-0.4, -0.2) is 25.2 Å². The first-order valence-corrected chi connectivity index (χ1v) is 10.9. The Morgan fingerprint density at radius 1 is 0.941 bits per heavy atom. The number of carbonyl (C=O) groups is 1. The quantitative estimate of drug-likeness (QED) is 0.482. The van der Waals surface area contributed by atoms with Crippen LogP contribution in [0.4, 0.5) is 0 Å². The van der Waals surface area contributed by atoms with Crippen molar-refractivity contribution in [2.75, 3.05) is 0 Å². The van der Waals surface area contributed by atoms with Crippen molar-refractivity contribution in [1.29, 1.82) is 0 Å². The van der Waals surface area contributed by atoms with Gasteiger partial charge in [0.2, 0.25) is 5.69 Å². The number of hydrogen-bond acceptors (Lipinski definition) is 5. The van der Waals surface area contributed by atoms with Gasteiger partial charge in [-0.05, 0) is 67.3 Å². The van der Waals surface area contributed by atoms with E-state index in [4.69, 9.17) is 0 Å². The van der Waals surface area contributed by atoms with E-state index >= 15 is 0 Å². The summed E-state index contributed by atoms with van der Waals surface area (Å²) in [6.45, 7) is 5.88. The summed E-state index contributed by atoms with van der Waals surface area (Å²) in [4.78, 5) is 43.9. The molecule has 0 atom stereocenters. The Bertz CT molecular complexity index is 1450. The summed E-state index contributed by atoms with van der Waals surface area (Å²) >= 11 is 0. The third kappa shape index (κ3) is 4.85. The molecule has 8 heteroatoms. The van der Waals surface area contributed by atoms with Crippen LogP contribution in [0.25, 0.3) is 5.69 Å². The van der Waals surface area contributed by atoms with E-state index in [-0.39, 0.29) is 18.8 Å². The van der Waals surface area contributed by atoms with Gasteiger partial charge in [-0.2, -0.15) is 9.78 Å². The Morgan fingerprint density at radius 3 is 2.32 bits per heavy atom. The maximum Gasteiger partial charge on any atom is 0.352 e. The highest BCUT2D eigenvalue weighted by atomic mass is 16.2. The molecule has 0 saturated heterocycles. The molecule has 172 valence electrons. The monoisotopic (exact) mass is 455 g/mol. The highest BCUT2D eigenvalue weighted by Gasteiger charge is 2.21. The zero-order valence-electron chi connectivity index (χ0n) is 19.3. The van der Waals surface area contributed by atoms with Crippen molar-refractivity contribution in [1.82, 2.24) is 24.6 Å². The molecule has 4 aromatic rings. The fraction of sp³-hybridized carbons (Fsp3) is 0.192. The van der Waals surface area contributed by atoms with Crippen LogP contribution in [0.15, 0.2) is 76.4 Å². The zero-order valence-corrected chi connectivity index (χ0v) is 19.3. The third-order valence-corrected chi connectivity index (χ3v) is 5.47. The lowest BCUT2D eigenvalue weighted by Crippen LogP contribution is -2.46. The molecule has 8 nitrogen and oxygen atoms in total. The lowest BCUT2D eigenvalue weighted by Gasteiger charge is -2.14. The molecule has 0 aliphatic rings. The fourth-order valence-electron chi connectivity index (χ4n) is 3.75. The number of rotatable bonds is 6. The topological polar surface area (TPSA) is 98.9 Å². The predicted octanol–water partition coefficient (Wildman–Crippen LogP) is 2.69. The standard InChI is InChI=1S/C26H25N5O3/c1-17-12-18(2)14-22(13-17)31-26(34)30(16-20-9-5-4-8-19(20)3)25(33)23(29-31)24(32)28-15-21-10-6-7-11-27-21/h4-14H,15-16H2,1-3H3,(H,28,32). The Balaban J connectivity index is 1.83. The van der Waals surface area contributed by atoms with Crippen LogP contribution in [0, 0.1) is 20.8 Å². The number of aryl methyl sites for hydroxylation is 3. The van der Waals surface area contributed by atoms with Crippen LogP contribution in [0.1, 0.15) is 38.4 Å². The summed E-state index contributed by atoms with van der Waals surface area (Å²) in [6, 6.07) is 18.4. The molecule has 34 heavy (non-hydrogen) atoms. The lowest BCUT2D eigenvalue weighted by atomic mass is 10.1. The Kier molecular flexibility index (Phi) is 6.49. The predicted molar refractivity (Wildman–Crippen MR) is 129 cm³/mol. The minimum Gasteiger partial charge on any atom is -0.345 e. The number of nitrogens with zero attached hydrogens (tertiary/aromatic N) is 4. The molecular weight excluding hydrogens is 430 g/mol. The average Bonchev–Trinajstić information content (AvgIpc) is 2.81. The van der Waals surface area contributed by atoms with E-state index in [0.717, 1.165) is 31.5 Å². The average molecular weight is 456 g/mol. The van der Waals surface area contributed by atoms with Crippen molar-refractivity contribution in [3.8, 4) is 5.69 Å².